The maximum Gasteiger partial charge on any atom is 0.249 e. The fourth-order valence-corrected chi connectivity index (χ4v) is 4.93. The van der Waals surface area contributed by atoms with Crippen molar-refractivity contribution in [1.82, 2.24) is 10.6 Å². The van der Waals surface area contributed by atoms with E-state index in [1.807, 2.05) is 23.1 Å². The van der Waals surface area contributed by atoms with Crippen LogP contribution in [-0.2, 0) is 22.6 Å². The summed E-state index contributed by atoms with van der Waals surface area (Å²) in [4.78, 5) is 28.3. The minimum absolute atomic E-state index is 0.0440. The number of nitrogens with one attached hydrogen (secondary N) is 2. The Morgan fingerprint density at radius 3 is 2.55 bits per heavy atom. The van der Waals surface area contributed by atoms with Gasteiger partial charge in [0.05, 0.1) is 12.6 Å². The normalized spacial score (nSPS) is 19.2. The smallest absolute Gasteiger partial charge is 0.249 e. The zero-order chi connectivity index (χ0) is 22.9. The fourth-order valence-electron chi connectivity index (χ4n) is 4.93. The van der Waals surface area contributed by atoms with E-state index in [1.54, 1.807) is 14.0 Å². The van der Waals surface area contributed by atoms with Crippen LogP contribution in [0.25, 0.3) is 10.8 Å². The predicted octanol–water partition coefficient (Wildman–Crippen LogP) is 4.29. The quantitative estimate of drug-likeness (QED) is 0.600. The van der Waals surface area contributed by atoms with Crippen LogP contribution in [-0.4, -0.2) is 30.9 Å². The molecule has 0 saturated heterocycles. The third-order valence-corrected chi connectivity index (χ3v) is 7.06. The lowest BCUT2D eigenvalue weighted by Gasteiger charge is -2.28. The summed E-state index contributed by atoms with van der Waals surface area (Å²) in [5.41, 5.74) is 4.65. The van der Waals surface area contributed by atoms with E-state index in [4.69, 9.17) is 0 Å². The second-order valence-electron chi connectivity index (χ2n) is 9.30. The van der Waals surface area contributed by atoms with Crippen molar-refractivity contribution >= 4 is 28.3 Å². The molecule has 5 rings (SSSR count). The third kappa shape index (κ3) is 4.25. The van der Waals surface area contributed by atoms with Gasteiger partial charge in [-0.05, 0) is 79.1 Å². The molecule has 1 saturated carbocycles. The molecule has 5 heteroatoms. The number of nitrogens with zero attached hydrogens (tertiary/aromatic N) is 1. The highest BCUT2D eigenvalue weighted by Gasteiger charge is 2.33. The molecule has 1 aliphatic heterocycles. The Kier molecular flexibility index (Phi) is 5.90. The zero-order valence-electron chi connectivity index (χ0n) is 19.3. The minimum atomic E-state index is -0.543. The van der Waals surface area contributed by atoms with Crippen LogP contribution in [0.2, 0.25) is 0 Å². The van der Waals surface area contributed by atoms with Gasteiger partial charge >= 0.3 is 0 Å². The van der Waals surface area contributed by atoms with Crippen molar-refractivity contribution in [2.45, 2.75) is 57.2 Å². The van der Waals surface area contributed by atoms with Crippen LogP contribution in [0.4, 0.5) is 5.69 Å². The molecule has 170 valence electrons. The lowest BCUT2D eigenvalue weighted by atomic mass is 9.96. The first-order valence-corrected chi connectivity index (χ1v) is 11.9. The molecule has 0 bridgehead atoms. The lowest BCUT2D eigenvalue weighted by molar-refractivity contribution is -0.128. The van der Waals surface area contributed by atoms with E-state index in [9.17, 15) is 9.59 Å². The van der Waals surface area contributed by atoms with Crippen LogP contribution in [0, 0.1) is 0 Å². The molecule has 2 aliphatic rings. The maximum absolute atomic E-state index is 13.8. The van der Waals surface area contributed by atoms with Crippen LogP contribution in [0.1, 0.15) is 48.8 Å². The van der Waals surface area contributed by atoms with Crippen LogP contribution in [0.15, 0.2) is 60.7 Å². The molecule has 0 spiro atoms. The van der Waals surface area contributed by atoms with Crippen molar-refractivity contribution in [2.75, 3.05) is 11.9 Å². The summed E-state index contributed by atoms with van der Waals surface area (Å²) in [6.07, 6.45) is 3.81. The van der Waals surface area contributed by atoms with Crippen molar-refractivity contribution in [3.63, 3.8) is 0 Å². The number of aryl methyl sites for hydroxylation is 1. The van der Waals surface area contributed by atoms with Gasteiger partial charge in [0.25, 0.3) is 0 Å². The molecule has 1 unspecified atom stereocenters. The summed E-state index contributed by atoms with van der Waals surface area (Å²) in [5, 5.41) is 8.45. The molecule has 2 N–H and O–H groups in total. The lowest BCUT2D eigenvalue weighted by Crippen LogP contribution is -2.52. The van der Waals surface area contributed by atoms with Crippen LogP contribution < -0.4 is 15.5 Å². The second kappa shape index (κ2) is 8.99. The van der Waals surface area contributed by atoms with Crippen LogP contribution >= 0.6 is 0 Å². The molecular weight excluding hydrogens is 410 g/mol. The average molecular weight is 442 g/mol. The summed E-state index contributed by atoms with van der Waals surface area (Å²) in [5.74, 6) is 0.428. The van der Waals surface area contributed by atoms with E-state index >= 15 is 0 Å². The molecule has 5 nitrogen and oxygen atoms in total. The Bertz CT molecular complexity index is 1200. The van der Waals surface area contributed by atoms with Gasteiger partial charge in [-0.3, -0.25) is 9.59 Å². The maximum atomic E-state index is 13.8. The molecule has 1 fully saturated rings. The number of anilines is 1. The highest BCUT2D eigenvalue weighted by molar-refractivity contribution is 6.01. The number of hydrogen-bond donors (Lipinski definition) is 2. The van der Waals surface area contributed by atoms with Crippen molar-refractivity contribution in [3.05, 3.63) is 77.4 Å². The number of rotatable bonds is 6. The van der Waals surface area contributed by atoms with Gasteiger partial charge in [-0.15, -0.1) is 0 Å². The predicted molar refractivity (Wildman–Crippen MR) is 132 cm³/mol. The summed E-state index contributed by atoms with van der Waals surface area (Å²) >= 11 is 0. The van der Waals surface area contributed by atoms with Gasteiger partial charge in [0.1, 0.15) is 6.04 Å². The summed E-state index contributed by atoms with van der Waals surface area (Å²) in [7, 11) is 1.75. The first-order chi connectivity index (χ1) is 16.1. The Labute approximate surface area is 195 Å². The zero-order valence-corrected chi connectivity index (χ0v) is 19.3. The number of para-hydroxylation sites is 1. The number of benzene rings is 3. The number of amides is 2. The molecule has 33 heavy (non-hydrogen) atoms. The van der Waals surface area contributed by atoms with Gasteiger partial charge in [-0.1, -0.05) is 54.6 Å². The summed E-state index contributed by atoms with van der Waals surface area (Å²) < 4.78 is 0. The monoisotopic (exact) mass is 441 g/mol. The average Bonchev–Trinajstić information content (AvgIpc) is 3.69. The van der Waals surface area contributed by atoms with E-state index in [2.05, 4.69) is 53.1 Å². The number of carbonyl (C=O) groups excluding carboxylic acids is 2. The molecule has 0 radical (unpaired) electrons. The van der Waals surface area contributed by atoms with Gasteiger partial charge in [0, 0.05) is 5.69 Å². The first-order valence-electron chi connectivity index (χ1n) is 11.9. The molecule has 3 aromatic carbocycles. The van der Waals surface area contributed by atoms with Gasteiger partial charge < -0.3 is 15.5 Å². The van der Waals surface area contributed by atoms with E-state index < -0.39 is 6.04 Å². The Balaban J connectivity index is 1.54. The third-order valence-electron chi connectivity index (χ3n) is 7.06. The SMILES string of the molecule is CN[C@@H](C)C(=O)NC1CCc2ccccc2N(Cc2cccc3cccc(C4CC4)c23)C1=O. The Hall–Kier alpha value is -3.18. The standard InChI is InChI=1S/C28H31N3O2/c1-18(29-2)27(32)30-24-16-15-20-7-3-4-12-25(20)31(28(24)33)17-22-10-5-8-21-9-6-11-23(26(21)22)19-13-14-19/h3-12,18-19,24,29H,13-17H2,1-2H3,(H,30,32)/t18-,24?/m0/s1. The van der Waals surface area contributed by atoms with E-state index in [0.29, 0.717) is 18.9 Å². The Morgan fingerprint density at radius 1 is 1.03 bits per heavy atom. The van der Waals surface area contributed by atoms with Crippen molar-refractivity contribution in [2.24, 2.45) is 0 Å². The van der Waals surface area contributed by atoms with Gasteiger partial charge in [-0.25, -0.2) is 0 Å². The van der Waals surface area contributed by atoms with Crippen molar-refractivity contribution in [1.29, 1.82) is 0 Å². The molecule has 3 aromatic rings. The van der Waals surface area contributed by atoms with Crippen molar-refractivity contribution < 1.29 is 9.59 Å². The second-order valence-corrected chi connectivity index (χ2v) is 9.30. The largest absolute Gasteiger partial charge is 0.343 e. The van der Waals surface area contributed by atoms with Crippen LogP contribution in [0.3, 0.4) is 0 Å². The number of likely N-dealkylation sites (N-methyl/N-ethyl adjacent to an activating group) is 1. The number of carbonyl (C=O) groups is 2. The van der Waals surface area contributed by atoms with E-state index in [1.165, 1.54) is 29.2 Å². The Morgan fingerprint density at radius 2 is 1.79 bits per heavy atom. The highest BCUT2D eigenvalue weighted by Crippen LogP contribution is 2.44. The highest BCUT2D eigenvalue weighted by atomic mass is 16.2. The fraction of sp³-hybridized carbons (Fsp3) is 0.357. The van der Waals surface area contributed by atoms with Crippen LogP contribution in [0.5, 0.6) is 0 Å². The summed E-state index contributed by atoms with van der Waals surface area (Å²) in [6, 6.07) is 20.2. The number of hydrogen-bond acceptors (Lipinski definition) is 3. The first kappa shape index (κ1) is 21.7. The van der Waals surface area contributed by atoms with Gasteiger partial charge in [0.15, 0.2) is 0 Å². The van der Waals surface area contributed by atoms with E-state index in [-0.39, 0.29) is 17.9 Å². The molecule has 0 aromatic heterocycles. The molecule has 1 heterocycles. The van der Waals surface area contributed by atoms with Crippen molar-refractivity contribution in [3.8, 4) is 0 Å². The van der Waals surface area contributed by atoms with Gasteiger partial charge in [-0.2, -0.15) is 0 Å². The molecule has 2 atom stereocenters. The minimum Gasteiger partial charge on any atom is -0.343 e. The molecule has 1 aliphatic carbocycles. The van der Waals surface area contributed by atoms with E-state index in [0.717, 1.165) is 23.2 Å². The molecule has 2 amide bonds. The topological polar surface area (TPSA) is 61.4 Å². The number of fused-ring (bicyclic) bond motifs is 2. The summed E-state index contributed by atoms with van der Waals surface area (Å²) in [6.45, 7) is 2.30. The molecular formula is C28H31N3O2. The van der Waals surface area contributed by atoms with Gasteiger partial charge in [0.2, 0.25) is 11.8 Å².